The Morgan fingerprint density at radius 2 is 1.78 bits per heavy atom. The minimum Gasteiger partial charge on any atom is -0.433 e. The van der Waals surface area contributed by atoms with E-state index in [-0.39, 0.29) is 17.2 Å². The maximum absolute atomic E-state index is 12.6. The number of amides is 2. The van der Waals surface area contributed by atoms with E-state index in [0.717, 1.165) is 6.26 Å². The van der Waals surface area contributed by atoms with Gasteiger partial charge in [-0.1, -0.05) is 12.1 Å². The number of nitrogens with zero attached hydrogens (tertiary/aromatic N) is 3. The number of hydrogen-bond donors (Lipinski definition) is 2. The van der Waals surface area contributed by atoms with E-state index in [2.05, 4.69) is 25.3 Å². The van der Waals surface area contributed by atoms with Crippen molar-refractivity contribution in [3.63, 3.8) is 0 Å². The van der Waals surface area contributed by atoms with E-state index < -0.39 is 22.5 Å². The molecule has 0 bridgehead atoms. The summed E-state index contributed by atoms with van der Waals surface area (Å²) < 4.78 is 58.8. The highest BCUT2D eigenvalue weighted by Gasteiger charge is 2.18. The molecular formula is C24H25F2N5O5S. The number of sulfone groups is 1. The molecule has 3 aromatic rings. The second-order valence-corrected chi connectivity index (χ2v) is 10.4. The number of alkyl halides is 2. The van der Waals surface area contributed by atoms with E-state index in [1.807, 2.05) is 4.90 Å². The lowest BCUT2D eigenvalue weighted by Crippen LogP contribution is -2.37. The fourth-order valence-electron chi connectivity index (χ4n) is 3.67. The van der Waals surface area contributed by atoms with Crippen LogP contribution < -0.4 is 20.3 Å². The number of aromatic nitrogens is 2. The van der Waals surface area contributed by atoms with Crippen molar-refractivity contribution in [2.75, 3.05) is 48.1 Å². The number of carbonyl (C=O) groups excluding carboxylic acids is 1. The molecule has 13 heteroatoms. The van der Waals surface area contributed by atoms with Gasteiger partial charge in [0.2, 0.25) is 0 Å². The van der Waals surface area contributed by atoms with Gasteiger partial charge < -0.3 is 25.0 Å². The summed E-state index contributed by atoms with van der Waals surface area (Å²) in [5, 5.41) is 5.10. The summed E-state index contributed by atoms with van der Waals surface area (Å²) in [5.74, 6) is 0.566. The van der Waals surface area contributed by atoms with Crippen molar-refractivity contribution in [3.05, 3.63) is 60.3 Å². The van der Waals surface area contributed by atoms with E-state index in [9.17, 15) is 22.0 Å². The molecule has 2 heterocycles. The molecule has 1 saturated heterocycles. The zero-order valence-electron chi connectivity index (χ0n) is 19.9. The lowest BCUT2D eigenvalue weighted by atomic mass is 10.2. The normalized spacial score (nSPS) is 13.9. The van der Waals surface area contributed by atoms with Gasteiger partial charge in [-0.2, -0.15) is 8.78 Å². The highest BCUT2D eigenvalue weighted by molar-refractivity contribution is 7.89. The maximum atomic E-state index is 12.6. The summed E-state index contributed by atoms with van der Waals surface area (Å²) in [6.45, 7) is -0.694. The number of halogens is 2. The fraction of sp³-hybridized carbons (Fsp3) is 0.292. The van der Waals surface area contributed by atoms with Crippen LogP contribution in [0.2, 0.25) is 0 Å². The standard InChI is InChI=1S/C24H25F2N5O5S/c1-37(33,34)15-18-14-21(31-10-12-35-13-11-31)30-22(27-18)16-6-8-17(9-7-16)28-24(32)29-19-4-2-3-5-20(19)36-23(25)26/h2-9,14,23H,10-13,15H2,1H3,(H2,28,29,32). The highest BCUT2D eigenvalue weighted by atomic mass is 32.2. The first-order chi connectivity index (χ1) is 17.7. The fourth-order valence-corrected chi connectivity index (χ4v) is 4.35. The van der Waals surface area contributed by atoms with Gasteiger partial charge in [0.15, 0.2) is 15.7 Å². The van der Waals surface area contributed by atoms with E-state index in [1.54, 1.807) is 36.4 Å². The Balaban J connectivity index is 1.51. The Hall–Kier alpha value is -3.84. The van der Waals surface area contributed by atoms with Gasteiger partial charge in [0, 0.05) is 36.7 Å². The summed E-state index contributed by atoms with van der Waals surface area (Å²) >= 11 is 0. The molecule has 4 rings (SSSR count). The van der Waals surface area contributed by atoms with Crippen LogP contribution in [0.3, 0.4) is 0 Å². The van der Waals surface area contributed by atoms with Crippen molar-refractivity contribution >= 4 is 33.1 Å². The van der Waals surface area contributed by atoms with Crippen molar-refractivity contribution in [3.8, 4) is 17.1 Å². The molecule has 2 amide bonds. The van der Waals surface area contributed by atoms with Crippen LogP contribution >= 0.6 is 0 Å². The third-order valence-electron chi connectivity index (χ3n) is 5.26. The zero-order valence-corrected chi connectivity index (χ0v) is 20.7. The number of benzene rings is 2. The second-order valence-electron chi connectivity index (χ2n) is 8.24. The molecule has 1 fully saturated rings. The third-order valence-corrected chi connectivity index (χ3v) is 6.08. The van der Waals surface area contributed by atoms with Crippen LogP contribution in [0, 0.1) is 0 Å². The Labute approximate surface area is 212 Å². The summed E-state index contributed by atoms with van der Waals surface area (Å²) in [7, 11) is -3.32. The van der Waals surface area contributed by atoms with Gasteiger partial charge in [-0.15, -0.1) is 0 Å². The zero-order chi connectivity index (χ0) is 26.4. The second kappa shape index (κ2) is 11.5. The van der Waals surface area contributed by atoms with E-state index in [4.69, 9.17) is 4.74 Å². The largest absolute Gasteiger partial charge is 0.433 e. The molecule has 1 aliphatic rings. The van der Waals surface area contributed by atoms with Gasteiger partial charge in [-0.25, -0.2) is 23.2 Å². The van der Waals surface area contributed by atoms with Gasteiger partial charge in [0.25, 0.3) is 0 Å². The van der Waals surface area contributed by atoms with Gasteiger partial charge in [-0.05, 0) is 36.4 Å². The molecule has 196 valence electrons. The van der Waals surface area contributed by atoms with Gasteiger partial charge in [0.05, 0.1) is 30.3 Å². The van der Waals surface area contributed by atoms with Crippen LogP contribution in [-0.2, 0) is 20.3 Å². The summed E-state index contributed by atoms with van der Waals surface area (Å²) in [6, 6.07) is 13.5. The van der Waals surface area contributed by atoms with Crippen LogP contribution in [0.15, 0.2) is 54.6 Å². The molecule has 2 N–H and O–H groups in total. The average Bonchev–Trinajstić information content (AvgIpc) is 2.85. The van der Waals surface area contributed by atoms with Crippen molar-refractivity contribution in [2.45, 2.75) is 12.4 Å². The van der Waals surface area contributed by atoms with Crippen LogP contribution in [-0.4, -0.2) is 63.6 Å². The Kier molecular flexibility index (Phi) is 8.14. The maximum Gasteiger partial charge on any atom is 0.387 e. The number of urea groups is 1. The molecule has 0 saturated carbocycles. The number of carbonyl (C=O) groups is 1. The Bertz CT molecular complexity index is 1350. The van der Waals surface area contributed by atoms with E-state index in [0.29, 0.717) is 54.9 Å². The van der Waals surface area contributed by atoms with Crippen molar-refractivity contribution < 1.29 is 31.5 Å². The number of ether oxygens (including phenoxy) is 2. The Morgan fingerprint density at radius 3 is 2.46 bits per heavy atom. The van der Waals surface area contributed by atoms with Crippen molar-refractivity contribution in [1.82, 2.24) is 9.97 Å². The molecule has 0 spiro atoms. The lowest BCUT2D eigenvalue weighted by molar-refractivity contribution is -0.0493. The molecule has 0 unspecified atom stereocenters. The molecule has 0 atom stereocenters. The molecule has 2 aromatic carbocycles. The minimum absolute atomic E-state index is 0.0867. The van der Waals surface area contributed by atoms with Crippen LogP contribution in [0.4, 0.5) is 30.8 Å². The number of para-hydroxylation sites is 2. The van der Waals surface area contributed by atoms with Gasteiger partial charge in [-0.3, -0.25) is 0 Å². The molecule has 37 heavy (non-hydrogen) atoms. The third kappa shape index (κ3) is 7.57. The van der Waals surface area contributed by atoms with Crippen molar-refractivity contribution in [1.29, 1.82) is 0 Å². The number of anilines is 3. The number of hydrogen-bond acceptors (Lipinski definition) is 8. The topological polar surface area (TPSA) is 123 Å². The SMILES string of the molecule is CS(=O)(=O)Cc1cc(N2CCOCC2)nc(-c2ccc(NC(=O)Nc3ccccc3OC(F)F)cc2)n1. The molecule has 0 aliphatic carbocycles. The van der Waals surface area contributed by atoms with Crippen LogP contribution in [0.5, 0.6) is 5.75 Å². The lowest BCUT2D eigenvalue weighted by Gasteiger charge is -2.28. The average molecular weight is 534 g/mol. The molecule has 0 radical (unpaired) electrons. The smallest absolute Gasteiger partial charge is 0.387 e. The highest BCUT2D eigenvalue weighted by Crippen LogP contribution is 2.26. The minimum atomic E-state index is -3.32. The molecular weight excluding hydrogens is 508 g/mol. The molecule has 1 aliphatic heterocycles. The monoisotopic (exact) mass is 533 g/mol. The number of morpholine rings is 1. The van der Waals surface area contributed by atoms with E-state index in [1.165, 1.54) is 18.2 Å². The number of nitrogens with one attached hydrogen (secondary N) is 2. The van der Waals surface area contributed by atoms with Gasteiger partial charge in [0.1, 0.15) is 11.6 Å². The first-order valence-electron chi connectivity index (χ1n) is 11.3. The summed E-state index contributed by atoms with van der Waals surface area (Å²) in [6.07, 6.45) is 1.15. The summed E-state index contributed by atoms with van der Waals surface area (Å²) in [5.41, 5.74) is 1.50. The van der Waals surface area contributed by atoms with Crippen LogP contribution in [0.1, 0.15) is 5.69 Å². The first kappa shape index (κ1) is 26.2. The molecule has 10 nitrogen and oxygen atoms in total. The van der Waals surface area contributed by atoms with Gasteiger partial charge >= 0.3 is 12.6 Å². The van der Waals surface area contributed by atoms with Crippen molar-refractivity contribution in [2.24, 2.45) is 0 Å². The Morgan fingerprint density at radius 1 is 1.08 bits per heavy atom. The predicted octanol–water partition coefficient (Wildman–Crippen LogP) is 3.77. The first-order valence-corrected chi connectivity index (χ1v) is 13.3. The summed E-state index contributed by atoms with van der Waals surface area (Å²) in [4.78, 5) is 23.5. The quantitative estimate of drug-likeness (QED) is 0.449. The number of rotatable bonds is 8. The van der Waals surface area contributed by atoms with E-state index >= 15 is 0 Å². The predicted molar refractivity (Wildman–Crippen MR) is 135 cm³/mol. The molecule has 1 aromatic heterocycles. The van der Waals surface area contributed by atoms with Crippen LogP contribution in [0.25, 0.3) is 11.4 Å².